The molecule has 1 fully saturated rings. The van der Waals surface area contributed by atoms with Crippen LogP contribution >= 0.6 is 11.3 Å². The van der Waals surface area contributed by atoms with Gasteiger partial charge in [0.05, 0.1) is 36.0 Å². The van der Waals surface area contributed by atoms with Crippen molar-refractivity contribution in [2.24, 2.45) is 0 Å². The first-order valence-electron chi connectivity index (χ1n) is 7.83. The van der Waals surface area contributed by atoms with Crippen LogP contribution in [0.15, 0.2) is 17.6 Å². The topological polar surface area (TPSA) is 71.5 Å². The Bertz CT molecular complexity index is 718. The van der Waals surface area contributed by atoms with E-state index in [1.807, 2.05) is 42.3 Å². The maximum atomic E-state index is 12.5. The van der Waals surface area contributed by atoms with Crippen LogP contribution in [-0.4, -0.2) is 59.6 Å². The Morgan fingerprint density at radius 2 is 2.29 bits per heavy atom. The molecule has 0 spiro atoms. The summed E-state index contributed by atoms with van der Waals surface area (Å²) in [6, 6.07) is 1.84. The van der Waals surface area contributed by atoms with Gasteiger partial charge < -0.3 is 14.5 Å². The molecular formula is C16H21N5O2S. The molecule has 0 radical (unpaired) electrons. The van der Waals surface area contributed by atoms with E-state index in [9.17, 15) is 4.79 Å². The molecule has 1 unspecified atom stereocenters. The molecule has 1 aliphatic heterocycles. The molecule has 0 saturated carbocycles. The molecule has 0 N–H and O–H groups in total. The molecule has 7 nitrogen and oxygen atoms in total. The predicted molar refractivity (Wildman–Crippen MR) is 92.2 cm³/mol. The second-order valence-corrected chi connectivity index (χ2v) is 6.97. The van der Waals surface area contributed by atoms with Crippen LogP contribution in [0.5, 0.6) is 0 Å². The molecule has 1 atom stereocenters. The molecule has 2 aromatic heterocycles. The summed E-state index contributed by atoms with van der Waals surface area (Å²) >= 11 is 1.57. The van der Waals surface area contributed by atoms with Gasteiger partial charge in [-0.2, -0.15) is 0 Å². The Balaban J connectivity index is 1.67. The molecular weight excluding hydrogens is 326 g/mol. The highest BCUT2D eigenvalue weighted by Crippen LogP contribution is 2.22. The number of carbonyl (C=O) groups is 1. The lowest BCUT2D eigenvalue weighted by Crippen LogP contribution is -2.43. The number of hydrogen-bond donors (Lipinski definition) is 0. The normalized spacial score (nSPS) is 17.8. The number of aromatic nitrogens is 3. The summed E-state index contributed by atoms with van der Waals surface area (Å²) in [6.07, 6.45) is 1.84. The highest BCUT2D eigenvalue weighted by molar-refractivity contribution is 7.09. The average Bonchev–Trinajstić information content (AvgIpc) is 3.00. The Hall–Kier alpha value is -2.06. The molecule has 0 bridgehead atoms. The van der Waals surface area contributed by atoms with E-state index in [1.54, 1.807) is 17.5 Å². The van der Waals surface area contributed by atoms with Gasteiger partial charge in [-0.25, -0.2) is 15.0 Å². The van der Waals surface area contributed by atoms with Crippen LogP contribution in [0.3, 0.4) is 0 Å². The summed E-state index contributed by atoms with van der Waals surface area (Å²) in [4.78, 5) is 29.3. The molecule has 2 aromatic rings. The van der Waals surface area contributed by atoms with E-state index < -0.39 is 0 Å². The molecule has 1 saturated heterocycles. The maximum Gasteiger partial charge on any atom is 0.228 e. The van der Waals surface area contributed by atoms with Crippen LogP contribution in [-0.2, 0) is 16.0 Å². The Morgan fingerprint density at radius 1 is 1.46 bits per heavy atom. The fourth-order valence-electron chi connectivity index (χ4n) is 2.57. The molecule has 3 heterocycles. The largest absolute Gasteiger partial charge is 0.368 e. The maximum absolute atomic E-state index is 12.5. The van der Waals surface area contributed by atoms with Gasteiger partial charge in [0.2, 0.25) is 11.9 Å². The molecule has 8 heteroatoms. The highest BCUT2D eigenvalue weighted by atomic mass is 32.1. The smallest absolute Gasteiger partial charge is 0.228 e. The van der Waals surface area contributed by atoms with E-state index in [0.717, 1.165) is 16.4 Å². The molecule has 0 aliphatic carbocycles. The first-order valence-corrected chi connectivity index (χ1v) is 8.71. The number of amides is 1. The van der Waals surface area contributed by atoms with Gasteiger partial charge in [-0.05, 0) is 13.0 Å². The number of hydrogen-bond acceptors (Lipinski definition) is 7. The Labute approximate surface area is 145 Å². The van der Waals surface area contributed by atoms with E-state index in [-0.39, 0.29) is 12.0 Å². The summed E-state index contributed by atoms with van der Waals surface area (Å²) in [6.45, 7) is 3.56. The van der Waals surface area contributed by atoms with Gasteiger partial charge in [-0.1, -0.05) is 0 Å². The van der Waals surface area contributed by atoms with Crippen LogP contribution in [0.1, 0.15) is 22.5 Å². The second-order valence-electron chi connectivity index (χ2n) is 5.91. The van der Waals surface area contributed by atoms with E-state index in [1.165, 1.54) is 0 Å². The zero-order valence-corrected chi connectivity index (χ0v) is 14.9. The van der Waals surface area contributed by atoms with Gasteiger partial charge in [-0.15, -0.1) is 11.3 Å². The van der Waals surface area contributed by atoms with Crippen molar-refractivity contribution in [3.05, 3.63) is 34.0 Å². The van der Waals surface area contributed by atoms with Gasteiger partial charge in [0.15, 0.2) is 0 Å². The standard InChI is InChI=1S/C16H21N5O2S/c1-11-18-12(10-24-11)8-15(22)21-6-7-23-14(9-21)13-4-5-17-16(19-13)20(2)3/h4-5,10,14H,6-9H2,1-3H3. The number of thiazole rings is 1. The number of carbonyl (C=O) groups excluding carboxylic acids is 1. The van der Waals surface area contributed by atoms with Crippen LogP contribution in [0.25, 0.3) is 0 Å². The lowest BCUT2D eigenvalue weighted by Gasteiger charge is -2.32. The average molecular weight is 347 g/mol. The lowest BCUT2D eigenvalue weighted by molar-refractivity contribution is -0.138. The fraction of sp³-hybridized carbons (Fsp3) is 0.500. The SMILES string of the molecule is Cc1nc(CC(=O)N2CCOC(c3ccnc(N(C)C)n3)C2)cs1. The number of rotatable bonds is 4. The van der Waals surface area contributed by atoms with Crippen molar-refractivity contribution in [1.29, 1.82) is 0 Å². The van der Waals surface area contributed by atoms with Gasteiger partial charge in [0.1, 0.15) is 6.10 Å². The lowest BCUT2D eigenvalue weighted by atomic mass is 10.2. The highest BCUT2D eigenvalue weighted by Gasteiger charge is 2.27. The summed E-state index contributed by atoms with van der Waals surface area (Å²) in [5, 5.41) is 2.92. The summed E-state index contributed by atoms with van der Waals surface area (Å²) in [5.41, 5.74) is 1.64. The summed E-state index contributed by atoms with van der Waals surface area (Å²) < 4.78 is 5.82. The number of aryl methyl sites for hydroxylation is 1. The van der Waals surface area contributed by atoms with Crippen LogP contribution in [0.4, 0.5) is 5.95 Å². The van der Waals surface area contributed by atoms with Crippen molar-refractivity contribution in [3.8, 4) is 0 Å². The fourth-order valence-corrected chi connectivity index (χ4v) is 3.18. The minimum Gasteiger partial charge on any atom is -0.368 e. The van der Waals surface area contributed by atoms with Crippen molar-refractivity contribution in [1.82, 2.24) is 19.9 Å². The van der Waals surface area contributed by atoms with Crippen molar-refractivity contribution in [3.63, 3.8) is 0 Å². The van der Waals surface area contributed by atoms with Crippen molar-refractivity contribution >= 4 is 23.2 Å². The van der Waals surface area contributed by atoms with Gasteiger partial charge in [0.25, 0.3) is 0 Å². The van der Waals surface area contributed by atoms with E-state index in [0.29, 0.717) is 32.1 Å². The minimum absolute atomic E-state index is 0.0792. The van der Waals surface area contributed by atoms with E-state index >= 15 is 0 Å². The zero-order valence-electron chi connectivity index (χ0n) is 14.1. The van der Waals surface area contributed by atoms with Gasteiger partial charge in [-0.3, -0.25) is 4.79 Å². The number of morpholine rings is 1. The third-order valence-corrected chi connectivity index (χ3v) is 4.63. The molecule has 3 rings (SSSR count). The monoisotopic (exact) mass is 347 g/mol. The number of anilines is 1. The molecule has 1 amide bonds. The van der Waals surface area contributed by atoms with Crippen LogP contribution in [0, 0.1) is 6.92 Å². The van der Waals surface area contributed by atoms with Crippen molar-refractivity contribution in [2.45, 2.75) is 19.4 Å². The number of nitrogens with zero attached hydrogens (tertiary/aromatic N) is 5. The summed E-state index contributed by atoms with van der Waals surface area (Å²) in [5.74, 6) is 0.716. The zero-order chi connectivity index (χ0) is 17.1. The Kier molecular flexibility index (Phi) is 5.06. The molecule has 0 aromatic carbocycles. The van der Waals surface area contributed by atoms with Crippen molar-refractivity contribution in [2.75, 3.05) is 38.7 Å². The number of ether oxygens (including phenoxy) is 1. The third-order valence-electron chi connectivity index (χ3n) is 3.81. The molecule has 24 heavy (non-hydrogen) atoms. The van der Waals surface area contributed by atoms with E-state index in [4.69, 9.17) is 4.74 Å². The van der Waals surface area contributed by atoms with Gasteiger partial charge in [0, 0.05) is 32.2 Å². The summed E-state index contributed by atoms with van der Waals surface area (Å²) in [7, 11) is 3.79. The molecule has 1 aliphatic rings. The second kappa shape index (κ2) is 7.23. The molecule has 128 valence electrons. The first kappa shape index (κ1) is 16.8. The van der Waals surface area contributed by atoms with Crippen LogP contribution < -0.4 is 4.90 Å². The Morgan fingerprint density at radius 3 is 3.00 bits per heavy atom. The van der Waals surface area contributed by atoms with E-state index in [2.05, 4.69) is 15.0 Å². The predicted octanol–water partition coefficient (Wildman–Crippen LogP) is 1.45. The van der Waals surface area contributed by atoms with Crippen LogP contribution in [0.2, 0.25) is 0 Å². The minimum atomic E-state index is -0.221. The van der Waals surface area contributed by atoms with Crippen molar-refractivity contribution < 1.29 is 9.53 Å². The van der Waals surface area contributed by atoms with Gasteiger partial charge >= 0.3 is 0 Å². The third kappa shape index (κ3) is 3.88. The first-order chi connectivity index (χ1) is 11.5. The quantitative estimate of drug-likeness (QED) is 0.834.